The van der Waals surface area contributed by atoms with E-state index in [0.717, 1.165) is 12.2 Å². The minimum absolute atomic E-state index is 0. The van der Waals surface area contributed by atoms with Gasteiger partial charge in [-0.2, -0.15) is 7.05 Å². The van der Waals surface area contributed by atoms with Crippen molar-refractivity contribution >= 4 is 5.69 Å². The van der Waals surface area contributed by atoms with Crippen molar-refractivity contribution in [2.75, 3.05) is 19.8 Å². The molecule has 0 radical (unpaired) electrons. The van der Waals surface area contributed by atoms with Crippen LogP contribution >= 0.6 is 0 Å². The van der Waals surface area contributed by atoms with Crippen LogP contribution in [0.1, 0.15) is 5.56 Å². The largest absolute Gasteiger partial charge is 0.597 e. The first-order valence-electron chi connectivity index (χ1n) is 3.87. The van der Waals surface area contributed by atoms with Gasteiger partial charge in [-0.05, 0) is 24.7 Å². The Balaban J connectivity index is 0.00000144. The summed E-state index contributed by atoms with van der Waals surface area (Å²) in [4.78, 5) is 0. The third-order valence-corrected chi connectivity index (χ3v) is 1.73. The number of hydrogen-bond acceptors (Lipinski definition) is 2. The van der Waals surface area contributed by atoms with E-state index in [-0.39, 0.29) is 21.1 Å². The summed E-state index contributed by atoms with van der Waals surface area (Å²) in [5, 5.41) is 1.88. The van der Waals surface area contributed by atoms with Crippen molar-refractivity contribution in [3.05, 3.63) is 35.3 Å². The molecular formula is C9H14N3W-. The van der Waals surface area contributed by atoms with Gasteiger partial charge in [0.25, 0.3) is 0 Å². The molecule has 0 heterocycles. The number of nitrogens with zero attached hydrogens (tertiary/aromatic N) is 2. The zero-order chi connectivity index (χ0) is 8.97. The molecule has 0 unspecified atom stereocenters. The summed E-state index contributed by atoms with van der Waals surface area (Å²) in [6, 6.07) is 7.83. The smallest absolute Gasteiger partial charge is 0.0314 e. The van der Waals surface area contributed by atoms with Gasteiger partial charge in [0.2, 0.25) is 0 Å². The van der Waals surface area contributed by atoms with E-state index in [1.165, 1.54) is 5.56 Å². The van der Waals surface area contributed by atoms with Crippen LogP contribution in [-0.2, 0) is 27.6 Å². The van der Waals surface area contributed by atoms with Crippen molar-refractivity contribution < 1.29 is 21.1 Å². The van der Waals surface area contributed by atoms with Crippen LogP contribution in [-0.4, -0.2) is 19.1 Å². The van der Waals surface area contributed by atoms with Crippen molar-refractivity contribution in [1.82, 2.24) is 5.01 Å². The number of nitrogen functional groups attached to an aromatic ring is 1. The summed E-state index contributed by atoms with van der Waals surface area (Å²) in [5.41, 5.74) is 11.6. The van der Waals surface area contributed by atoms with Crippen LogP contribution < -0.4 is 5.73 Å². The van der Waals surface area contributed by atoms with Crippen LogP contribution in [0.5, 0.6) is 0 Å². The fraction of sp³-hybridized carbons (Fsp3) is 0.333. The van der Waals surface area contributed by atoms with Gasteiger partial charge in [-0.1, -0.05) is 12.1 Å². The van der Waals surface area contributed by atoms with Gasteiger partial charge in [0.1, 0.15) is 0 Å². The van der Waals surface area contributed by atoms with Crippen molar-refractivity contribution in [2.24, 2.45) is 0 Å². The number of nitrogens with two attached hydrogens (primary N) is 1. The molecule has 13 heavy (non-hydrogen) atoms. The summed E-state index contributed by atoms with van der Waals surface area (Å²) in [6.45, 7) is 0.830. The number of benzene rings is 1. The maximum atomic E-state index is 5.55. The van der Waals surface area contributed by atoms with Crippen LogP contribution in [0, 0.1) is 0 Å². The molecule has 0 atom stereocenters. The fourth-order valence-corrected chi connectivity index (χ4v) is 0.958. The average Bonchev–Trinajstić information content (AvgIpc) is 2.09. The second-order valence-corrected chi connectivity index (χ2v) is 2.76. The van der Waals surface area contributed by atoms with Crippen molar-refractivity contribution in [2.45, 2.75) is 6.54 Å². The molecule has 1 aromatic rings. The molecule has 4 heteroatoms. The summed E-state index contributed by atoms with van der Waals surface area (Å²) >= 11 is 0. The van der Waals surface area contributed by atoms with E-state index in [9.17, 15) is 0 Å². The Bertz CT molecular complexity index is 235. The number of anilines is 1. The van der Waals surface area contributed by atoms with Crippen molar-refractivity contribution in [3.8, 4) is 0 Å². The average molecular weight is 348 g/mol. The SMILES string of the molecule is C[N-]N(C)Cc1ccc(N)cc1.[W]. The fourth-order valence-electron chi connectivity index (χ4n) is 0.958. The predicted molar refractivity (Wildman–Crippen MR) is 51.6 cm³/mol. The molecule has 0 saturated heterocycles. The van der Waals surface area contributed by atoms with Gasteiger partial charge in [-0.3, -0.25) is 0 Å². The van der Waals surface area contributed by atoms with E-state index in [4.69, 9.17) is 5.73 Å². The molecule has 1 rings (SSSR count). The molecule has 0 spiro atoms. The minimum Gasteiger partial charge on any atom is -0.597 e. The first-order valence-corrected chi connectivity index (χ1v) is 3.87. The summed E-state index contributed by atoms with van der Waals surface area (Å²) < 4.78 is 0. The molecule has 0 amide bonds. The van der Waals surface area contributed by atoms with Crippen LogP contribution in [0.4, 0.5) is 5.69 Å². The molecule has 0 aliphatic rings. The Kier molecular flexibility index (Phi) is 5.96. The first kappa shape index (κ1) is 12.6. The molecular weight excluding hydrogens is 334 g/mol. The Labute approximate surface area is 93.5 Å². The maximum absolute atomic E-state index is 5.55. The second kappa shape index (κ2) is 6.14. The van der Waals surface area contributed by atoms with Crippen molar-refractivity contribution in [3.63, 3.8) is 0 Å². The molecule has 72 valence electrons. The Morgan fingerprint density at radius 1 is 1.31 bits per heavy atom. The molecule has 3 nitrogen and oxygen atoms in total. The monoisotopic (exact) mass is 348 g/mol. The van der Waals surface area contributed by atoms with E-state index in [1.54, 1.807) is 7.05 Å². The van der Waals surface area contributed by atoms with Gasteiger partial charge in [-0.25, -0.2) is 0 Å². The van der Waals surface area contributed by atoms with Gasteiger partial charge in [0.15, 0.2) is 0 Å². The third-order valence-electron chi connectivity index (χ3n) is 1.73. The van der Waals surface area contributed by atoms with Gasteiger partial charge in [0.05, 0.1) is 0 Å². The Morgan fingerprint density at radius 2 is 1.85 bits per heavy atom. The molecule has 0 bridgehead atoms. The van der Waals surface area contributed by atoms with Gasteiger partial charge in [-0.15, -0.1) is 0 Å². The standard InChI is InChI=1S/C9H14N3.W/c1-11-12(2)7-8-3-5-9(10)6-4-8;/h3-6H,7,10H2,1-2H3;/q-1;. The summed E-state index contributed by atoms with van der Waals surface area (Å²) in [5.74, 6) is 0. The molecule has 1 aromatic carbocycles. The summed E-state index contributed by atoms with van der Waals surface area (Å²) in [7, 11) is 3.72. The quantitative estimate of drug-likeness (QED) is 0.667. The van der Waals surface area contributed by atoms with Crippen LogP contribution in [0.25, 0.3) is 5.43 Å². The first-order chi connectivity index (χ1) is 5.72. The Morgan fingerprint density at radius 3 is 2.31 bits per heavy atom. The topological polar surface area (TPSA) is 43.4 Å². The predicted octanol–water partition coefficient (Wildman–Crippen LogP) is 1.62. The van der Waals surface area contributed by atoms with Gasteiger partial charge in [0, 0.05) is 33.3 Å². The molecule has 0 fully saturated rings. The van der Waals surface area contributed by atoms with Gasteiger partial charge < -0.3 is 16.2 Å². The third kappa shape index (κ3) is 4.41. The summed E-state index contributed by atoms with van der Waals surface area (Å²) in [6.07, 6.45) is 0. The molecule has 0 aromatic heterocycles. The van der Waals surface area contributed by atoms with Crippen LogP contribution in [0.3, 0.4) is 0 Å². The molecule has 0 aliphatic carbocycles. The number of rotatable bonds is 3. The Hall–Kier alpha value is -0.372. The zero-order valence-corrected chi connectivity index (χ0v) is 10.8. The van der Waals surface area contributed by atoms with E-state index in [1.807, 2.05) is 36.3 Å². The minimum atomic E-state index is 0. The molecule has 2 N–H and O–H groups in total. The van der Waals surface area contributed by atoms with E-state index in [2.05, 4.69) is 5.43 Å². The van der Waals surface area contributed by atoms with Crippen molar-refractivity contribution in [1.29, 1.82) is 0 Å². The van der Waals surface area contributed by atoms with Gasteiger partial charge >= 0.3 is 0 Å². The van der Waals surface area contributed by atoms with Crippen LogP contribution in [0.2, 0.25) is 0 Å². The second-order valence-electron chi connectivity index (χ2n) is 2.76. The van der Waals surface area contributed by atoms with E-state index >= 15 is 0 Å². The maximum Gasteiger partial charge on any atom is 0.0314 e. The molecule has 0 saturated carbocycles. The van der Waals surface area contributed by atoms with E-state index < -0.39 is 0 Å². The number of hydrogen-bond donors (Lipinski definition) is 1. The van der Waals surface area contributed by atoms with Crippen LogP contribution in [0.15, 0.2) is 24.3 Å². The molecule has 0 aliphatic heterocycles. The van der Waals surface area contributed by atoms with E-state index in [0.29, 0.717) is 0 Å². The normalized spacial score (nSPS) is 9.77. The zero-order valence-electron chi connectivity index (χ0n) is 7.90.